The maximum absolute atomic E-state index is 5.32. The Hall–Kier alpha value is -0.520. The summed E-state index contributed by atoms with van der Waals surface area (Å²) in [5.41, 5.74) is 0. The fourth-order valence-electron chi connectivity index (χ4n) is 3.12. The van der Waals surface area contributed by atoms with Crippen molar-refractivity contribution in [3.63, 3.8) is 0 Å². The molecule has 1 saturated carbocycles. The molecule has 0 amide bonds. The minimum absolute atomic E-state index is 0.714. The molecule has 0 radical (unpaired) electrons. The van der Waals surface area contributed by atoms with Gasteiger partial charge in [-0.15, -0.1) is 12.3 Å². The summed E-state index contributed by atoms with van der Waals surface area (Å²) in [6, 6.07) is 1.47. The van der Waals surface area contributed by atoms with Gasteiger partial charge in [0, 0.05) is 31.6 Å². The molecule has 0 spiro atoms. The predicted octanol–water partition coefficient (Wildman–Crippen LogP) is 2.50. The molecule has 2 heteroatoms. The third-order valence-corrected chi connectivity index (χ3v) is 4.47. The molecule has 1 N–H and O–H groups in total. The van der Waals surface area contributed by atoms with Gasteiger partial charge in [0.25, 0.3) is 0 Å². The molecule has 2 rings (SSSR count). The van der Waals surface area contributed by atoms with Crippen molar-refractivity contribution >= 4 is 0 Å². The van der Waals surface area contributed by atoms with E-state index >= 15 is 0 Å². The van der Waals surface area contributed by atoms with Crippen LogP contribution in [0.25, 0.3) is 0 Å². The summed E-state index contributed by atoms with van der Waals surface area (Å²) in [6.07, 6.45) is 11.6. The summed E-state index contributed by atoms with van der Waals surface area (Å²) in [4.78, 5) is 2.72. The molecule has 18 heavy (non-hydrogen) atoms. The molecule has 0 aromatic rings. The molecule has 1 aliphatic heterocycles. The summed E-state index contributed by atoms with van der Waals surface area (Å²) < 4.78 is 0. The largest absolute Gasteiger partial charge is 0.311 e. The first-order chi connectivity index (χ1) is 8.72. The molecular formula is C16H28N2. The van der Waals surface area contributed by atoms with Crippen LogP contribution < -0.4 is 5.32 Å². The highest BCUT2D eigenvalue weighted by Crippen LogP contribution is 2.34. The second kappa shape index (κ2) is 6.59. The van der Waals surface area contributed by atoms with E-state index in [2.05, 4.69) is 30.0 Å². The van der Waals surface area contributed by atoms with Gasteiger partial charge in [0.2, 0.25) is 0 Å². The minimum Gasteiger partial charge on any atom is -0.311 e. The zero-order valence-corrected chi connectivity index (χ0v) is 12.0. The van der Waals surface area contributed by atoms with Crippen LogP contribution in [0.15, 0.2) is 0 Å². The van der Waals surface area contributed by atoms with Crippen LogP contribution in [-0.4, -0.2) is 36.6 Å². The Morgan fingerprint density at radius 1 is 1.33 bits per heavy atom. The van der Waals surface area contributed by atoms with Gasteiger partial charge in [0.05, 0.1) is 0 Å². The normalized spacial score (nSPS) is 29.4. The molecule has 0 bridgehead atoms. The van der Waals surface area contributed by atoms with Crippen LogP contribution in [-0.2, 0) is 0 Å². The number of nitrogens with zero attached hydrogens (tertiary/aromatic N) is 1. The molecule has 102 valence electrons. The van der Waals surface area contributed by atoms with Crippen LogP contribution in [0.1, 0.15) is 46.0 Å². The van der Waals surface area contributed by atoms with Crippen molar-refractivity contribution in [3.8, 4) is 12.3 Å². The Labute approximate surface area is 113 Å². The van der Waals surface area contributed by atoms with Crippen LogP contribution in [0.5, 0.6) is 0 Å². The first-order valence-electron chi connectivity index (χ1n) is 7.63. The van der Waals surface area contributed by atoms with E-state index in [1.807, 2.05) is 0 Å². The Bertz CT molecular complexity index is 288. The molecule has 2 unspecified atom stereocenters. The van der Waals surface area contributed by atoms with E-state index in [1.54, 1.807) is 0 Å². The van der Waals surface area contributed by atoms with E-state index in [1.165, 1.54) is 45.3 Å². The Morgan fingerprint density at radius 2 is 2.11 bits per heavy atom. The zero-order valence-electron chi connectivity index (χ0n) is 12.0. The van der Waals surface area contributed by atoms with Crippen LogP contribution in [0.4, 0.5) is 0 Å². The van der Waals surface area contributed by atoms with Crippen molar-refractivity contribution in [2.45, 2.75) is 58.0 Å². The van der Waals surface area contributed by atoms with Gasteiger partial charge >= 0.3 is 0 Å². The zero-order chi connectivity index (χ0) is 13.0. The number of terminal acetylenes is 1. The van der Waals surface area contributed by atoms with Crippen LogP contribution in [0, 0.1) is 24.2 Å². The van der Waals surface area contributed by atoms with E-state index in [4.69, 9.17) is 6.42 Å². The van der Waals surface area contributed by atoms with Crippen molar-refractivity contribution in [1.29, 1.82) is 0 Å². The van der Waals surface area contributed by atoms with Gasteiger partial charge in [-0.05, 0) is 44.1 Å². The smallest absolute Gasteiger partial charge is 0.0244 e. The first kappa shape index (κ1) is 13.9. The average Bonchev–Trinajstić information content (AvgIpc) is 3.18. The molecule has 2 aliphatic rings. The molecule has 2 nitrogen and oxygen atoms in total. The van der Waals surface area contributed by atoms with Crippen molar-refractivity contribution in [1.82, 2.24) is 10.2 Å². The average molecular weight is 248 g/mol. The Balaban J connectivity index is 1.81. The van der Waals surface area contributed by atoms with Crippen LogP contribution in [0.2, 0.25) is 0 Å². The van der Waals surface area contributed by atoms with Gasteiger partial charge in [0.1, 0.15) is 0 Å². The first-order valence-corrected chi connectivity index (χ1v) is 7.63. The molecule has 2 atom stereocenters. The molecule has 1 aliphatic carbocycles. The van der Waals surface area contributed by atoms with Crippen LogP contribution in [0.3, 0.4) is 0 Å². The molecule has 2 fully saturated rings. The van der Waals surface area contributed by atoms with Crippen molar-refractivity contribution in [3.05, 3.63) is 0 Å². The number of hydrogen-bond donors (Lipinski definition) is 1. The standard InChI is InChI=1S/C16H28N2/c1-4-5-6-7-10-18-12-15(14-8-9-14)17-11-16(18)13(2)3/h1,13-17H,5-12H2,2-3H3. The molecule has 0 aromatic heterocycles. The topological polar surface area (TPSA) is 15.3 Å². The lowest BCUT2D eigenvalue weighted by atomic mass is 9.96. The summed E-state index contributed by atoms with van der Waals surface area (Å²) >= 11 is 0. The highest BCUT2D eigenvalue weighted by molar-refractivity contribution is 4.95. The molecule has 0 aromatic carbocycles. The number of nitrogens with one attached hydrogen (secondary N) is 1. The lowest BCUT2D eigenvalue weighted by Crippen LogP contribution is -2.59. The van der Waals surface area contributed by atoms with Gasteiger partial charge in [-0.2, -0.15) is 0 Å². The summed E-state index contributed by atoms with van der Waals surface area (Å²) in [6.45, 7) is 8.35. The van der Waals surface area contributed by atoms with Crippen molar-refractivity contribution in [2.75, 3.05) is 19.6 Å². The predicted molar refractivity (Wildman–Crippen MR) is 77.4 cm³/mol. The van der Waals surface area contributed by atoms with Gasteiger partial charge in [-0.1, -0.05) is 13.8 Å². The third kappa shape index (κ3) is 3.73. The van der Waals surface area contributed by atoms with Gasteiger partial charge in [0.15, 0.2) is 0 Å². The van der Waals surface area contributed by atoms with E-state index in [0.717, 1.165) is 24.3 Å². The molecule has 1 saturated heterocycles. The van der Waals surface area contributed by atoms with Gasteiger partial charge in [-0.3, -0.25) is 4.90 Å². The maximum atomic E-state index is 5.32. The third-order valence-electron chi connectivity index (χ3n) is 4.47. The fraction of sp³-hybridized carbons (Fsp3) is 0.875. The summed E-state index contributed by atoms with van der Waals surface area (Å²) in [5, 5.41) is 3.77. The monoisotopic (exact) mass is 248 g/mol. The minimum atomic E-state index is 0.714. The quantitative estimate of drug-likeness (QED) is 0.574. The molecule has 1 heterocycles. The van der Waals surface area contributed by atoms with E-state index in [9.17, 15) is 0 Å². The van der Waals surface area contributed by atoms with Gasteiger partial charge in [-0.25, -0.2) is 0 Å². The van der Waals surface area contributed by atoms with Crippen LogP contribution >= 0.6 is 0 Å². The summed E-state index contributed by atoms with van der Waals surface area (Å²) in [7, 11) is 0. The second-order valence-corrected chi connectivity index (χ2v) is 6.32. The highest BCUT2D eigenvalue weighted by atomic mass is 15.2. The Morgan fingerprint density at radius 3 is 2.72 bits per heavy atom. The van der Waals surface area contributed by atoms with Gasteiger partial charge < -0.3 is 5.32 Å². The number of unbranched alkanes of at least 4 members (excludes halogenated alkanes) is 2. The number of hydrogen-bond acceptors (Lipinski definition) is 2. The SMILES string of the molecule is C#CCCCCN1CC(C2CC2)NCC1C(C)C. The van der Waals surface area contributed by atoms with E-state index < -0.39 is 0 Å². The molecular weight excluding hydrogens is 220 g/mol. The second-order valence-electron chi connectivity index (χ2n) is 6.32. The lowest BCUT2D eigenvalue weighted by Gasteiger charge is -2.42. The maximum Gasteiger partial charge on any atom is 0.0244 e. The van der Waals surface area contributed by atoms with E-state index in [0.29, 0.717) is 6.04 Å². The van der Waals surface area contributed by atoms with Crippen molar-refractivity contribution in [2.24, 2.45) is 11.8 Å². The number of piperazine rings is 1. The van der Waals surface area contributed by atoms with Crippen molar-refractivity contribution < 1.29 is 0 Å². The fourth-order valence-corrected chi connectivity index (χ4v) is 3.12. The summed E-state index contributed by atoms with van der Waals surface area (Å²) in [5.74, 6) is 4.45. The van der Waals surface area contributed by atoms with E-state index in [-0.39, 0.29) is 0 Å². The lowest BCUT2D eigenvalue weighted by molar-refractivity contribution is 0.0907. The number of rotatable bonds is 6. The highest BCUT2D eigenvalue weighted by Gasteiger charge is 2.37. The Kier molecular flexibility index (Phi) is 5.09.